The topological polar surface area (TPSA) is 52.0 Å². The number of nitrogens with two attached hydrogens (primary N) is 2. The van der Waals surface area contributed by atoms with E-state index in [1.54, 1.807) is 0 Å². The molecule has 0 saturated heterocycles. The van der Waals surface area contributed by atoms with E-state index in [0.717, 1.165) is 17.8 Å². The quantitative estimate of drug-likeness (QED) is 0.137. The maximum atomic E-state index is 5.90. The van der Waals surface area contributed by atoms with Crippen LogP contribution in [0.4, 0.5) is 11.4 Å². The van der Waals surface area contributed by atoms with E-state index in [4.69, 9.17) is 11.5 Å². The molecule has 39 heavy (non-hydrogen) atoms. The van der Waals surface area contributed by atoms with Crippen LogP contribution in [0.25, 0.3) is 0 Å². The first kappa shape index (κ1) is 28.5. The number of anilines is 2. The summed E-state index contributed by atoms with van der Waals surface area (Å²) in [5, 5.41) is 0. The van der Waals surface area contributed by atoms with Gasteiger partial charge in [-0.2, -0.15) is 0 Å². The van der Waals surface area contributed by atoms with Crippen molar-refractivity contribution in [3.8, 4) is 0 Å². The van der Waals surface area contributed by atoms with Crippen LogP contribution in [0, 0.1) is 0 Å². The number of nitrogen functional groups attached to an aromatic ring is 2. The Morgan fingerprint density at radius 1 is 0.487 bits per heavy atom. The third-order valence-electron chi connectivity index (χ3n) is 8.40. The summed E-state index contributed by atoms with van der Waals surface area (Å²) in [4.78, 5) is 0. The van der Waals surface area contributed by atoms with E-state index in [0.29, 0.717) is 17.8 Å². The molecule has 4 aromatic carbocycles. The minimum atomic E-state index is 0.350. The van der Waals surface area contributed by atoms with Crippen LogP contribution in [0.3, 0.4) is 0 Å². The molecule has 4 aromatic rings. The summed E-state index contributed by atoms with van der Waals surface area (Å²) >= 11 is 0. The van der Waals surface area contributed by atoms with Crippen LogP contribution in [0.1, 0.15) is 110 Å². The SMILES string of the molecule is CCCCCCCC(Cc1ccc(C(C)c2ccc(N)cc2)cc1)c1ccc(C(C)c2ccc(N)cc2)cc1. The number of benzene rings is 4. The Hall–Kier alpha value is -3.52. The molecule has 0 aliphatic rings. The van der Waals surface area contributed by atoms with Crippen molar-refractivity contribution < 1.29 is 0 Å². The molecule has 2 nitrogen and oxygen atoms in total. The first-order chi connectivity index (χ1) is 18.9. The lowest BCUT2D eigenvalue weighted by molar-refractivity contribution is 0.542. The van der Waals surface area contributed by atoms with Crippen molar-refractivity contribution in [3.05, 3.63) is 130 Å². The monoisotopic (exact) mass is 518 g/mol. The summed E-state index contributed by atoms with van der Waals surface area (Å²) in [5.74, 6) is 1.24. The van der Waals surface area contributed by atoms with E-state index in [9.17, 15) is 0 Å². The lowest BCUT2D eigenvalue weighted by Gasteiger charge is -2.20. The van der Waals surface area contributed by atoms with Crippen molar-refractivity contribution in [1.82, 2.24) is 0 Å². The van der Waals surface area contributed by atoms with Crippen molar-refractivity contribution in [1.29, 1.82) is 0 Å². The van der Waals surface area contributed by atoms with E-state index in [1.165, 1.54) is 71.9 Å². The van der Waals surface area contributed by atoms with Gasteiger partial charge in [0.1, 0.15) is 0 Å². The molecule has 3 unspecified atom stereocenters. The Kier molecular flexibility index (Phi) is 10.3. The maximum Gasteiger partial charge on any atom is 0.0314 e. The summed E-state index contributed by atoms with van der Waals surface area (Å²) in [6.07, 6.45) is 8.92. The van der Waals surface area contributed by atoms with E-state index in [-0.39, 0.29) is 0 Å². The first-order valence-corrected chi connectivity index (χ1v) is 14.8. The summed E-state index contributed by atoms with van der Waals surface area (Å²) in [7, 11) is 0. The highest BCUT2D eigenvalue weighted by molar-refractivity contribution is 5.44. The Morgan fingerprint density at radius 2 is 0.872 bits per heavy atom. The number of rotatable bonds is 13. The number of hydrogen-bond acceptors (Lipinski definition) is 2. The van der Waals surface area contributed by atoms with Crippen LogP contribution in [0.15, 0.2) is 97.1 Å². The zero-order valence-corrected chi connectivity index (χ0v) is 24.1. The molecule has 0 aliphatic heterocycles. The van der Waals surface area contributed by atoms with Crippen molar-refractivity contribution in [2.45, 2.75) is 83.5 Å². The van der Waals surface area contributed by atoms with Gasteiger partial charge in [0.05, 0.1) is 0 Å². The lowest BCUT2D eigenvalue weighted by atomic mass is 9.85. The van der Waals surface area contributed by atoms with Crippen LogP contribution in [0.2, 0.25) is 0 Å². The Labute approximate surface area is 236 Å². The first-order valence-electron chi connectivity index (χ1n) is 14.8. The van der Waals surface area contributed by atoms with Gasteiger partial charge in [-0.3, -0.25) is 0 Å². The van der Waals surface area contributed by atoms with Crippen molar-refractivity contribution >= 4 is 11.4 Å². The molecule has 2 heteroatoms. The molecule has 0 aromatic heterocycles. The second kappa shape index (κ2) is 14.0. The highest BCUT2D eigenvalue weighted by Crippen LogP contribution is 2.32. The molecule has 0 aliphatic carbocycles. The number of hydrogen-bond donors (Lipinski definition) is 2. The highest BCUT2D eigenvalue weighted by Gasteiger charge is 2.15. The Morgan fingerprint density at radius 3 is 1.33 bits per heavy atom. The molecule has 3 atom stereocenters. The molecule has 0 saturated carbocycles. The van der Waals surface area contributed by atoms with Gasteiger partial charge in [0, 0.05) is 23.2 Å². The Bertz CT molecular complexity index is 1260. The number of unbranched alkanes of at least 4 members (excludes halogenated alkanes) is 4. The van der Waals surface area contributed by atoms with E-state index in [1.807, 2.05) is 24.3 Å². The van der Waals surface area contributed by atoms with Crippen LogP contribution >= 0.6 is 0 Å². The average molecular weight is 519 g/mol. The average Bonchev–Trinajstić information content (AvgIpc) is 2.97. The summed E-state index contributed by atoms with van der Waals surface area (Å²) in [5.41, 5.74) is 21.6. The zero-order chi connectivity index (χ0) is 27.6. The molecule has 204 valence electrons. The second-order valence-corrected chi connectivity index (χ2v) is 11.3. The fourth-order valence-electron chi connectivity index (χ4n) is 5.62. The molecule has 0 spiro atoms. The van der Waals surface area contributed by atoms with Gasteiger partial charge < -0.3 is 11.5 Å². The van der Waals surface area contributed by atoms with Crippen LogP contribution in [-0.4, -0.2) is 0 Å². The van der Waals surface area contributed by atoms with Gasteiger partial charge in [-0.25, -0.2) is 0 Å². The van der Waals surface area contributed by atoms with E-state index >= 15 is 0 Å². The highest BCUT2D eigenvalue weighted by atomic mass is 14.5. The standard InChI is InChI=1S/C37H46N2/c1-4-5-6-7-8-9-35(34-16-14-31(15-17-34)28(3)33-20-24-37(39)25-21-33)26-29-10-12-30(13-11-29)27(2)32-18-22-36(38)23-19-32/h10-25,27-28,35H,4-9,26,38-39H2,1-3H3. The van der Waals surface area contributed by atoms with Gasteiger partial charge in [-0.1, -0.05) is 126 Å². The van der Waals surface area contributed by atoms with Crippen molar-refractivity contribution in [2.24, 2.45) is 0 Å². The largest absolute Gasteiger partial charge is 0.399 e. The predicted octanol–water partition coefficient (Wildman–Crippen LogP) is 9.84. The fraction of sp³-hybridized carbons (Fsp3) is 0.351. The molecule has 4 rings (SSSR count). The molecule has 0 fully saturated rings. The predicted molar refractivity (Wildman–Crippen MR) is 169 cm³/mol. The minimum Gasteiger partial charge on any atom is -0.399 e. The third-order valence-corrected chi connectivity index (χ3v) is 8.40. The fourth-order valence-corrected chi connectivity index (χ4v) is 5.62. The normalized spacial score (nSPS) is 13.6. The van der Waals surface area contributed by atoms with Gasteiger partial charge >= 0.3 is 0 Å². The molecule has 0 heterocycles. The van der Waals surface area contributed by atoms with Gasteiger partial charge in [-0.05, 0) is 76.4 Å². The van der Waals surface area contributed by atoms with Gasteiger partial charge in [0.15, 0.2) is 0 Å². The smallest absolute Gasteiger partial charge is 0.0314 e. The van der Waals surface area contributed by atoms with Gasteiger partial charge in [-0.15, -0.1) is 0 Å². The van der Waals surface area contributed by atoms with E-state index < -0.39 is 0 Å². The summed E-state index contributed by atoms with van der Waals surface area (Å²) < 4.78 is 0. The molecule has 0 amide bonds. The molecule has 0 radical (unpaired) electrons. The van der Waals surface area contributed by atoms with Gasteiger partial charge in [0.2, 0.25) is 0 Å². The zero-order valence-electron chi connectivity index (χ0n) is 24.1. The minimum absolute atomic E-state index is 0.350. The Balaban J connectivity index is 1.47. The van der Waals surface area contributed by atoms with Crippen molar-refractivity contribution in [2.75, 3.05) is 11.5 Å². The molecular formula is C37H46N2. The maximum absolute atomic E-state index is 5.90. The van der Waals surface area contributed by atoms with Crippen molar-refractivity contribution in [3.63, 3.8) is 0 Å². The molecule has 4 N–H and O–H groups in total. The van der Waals surface area contributed by atoms with Crippen LogP contribution < -0.4 is 11.5 Å². The summed E-state index contributed by atoms with van der Waals surface area (Å²) in [6, 6.07) is 35.3. The third kappa shape index (κ3) is 7.99. The van der Waals surface area contributed by atoms with E-state index in [2.05, 4.69) is 93.6 Å². The van der Waals surface area contributed by atoms with Crippen LogP contribution in [-0.2, 0) is 6.42 Å². The van der Waals surface area contributed by atoms with Gasteiger partial charge in [0.25, 0.3) is 0 Å². The van der Waals surface area contributed by atoms with Crippen LogP contribution in [0.5, 0.6) is 0 Å². The second-order valence-electron chi connectivity index (χ2n) is 11.3. The molecular weight excluding hydrogens is 472 g/mol. The summed E-state index contributed by atoms with van der Waals surface area (Å²) in [6.45, 7) is 6.83. The molecule has 0 bridgehead atoms. The lowest BCUT2D eigenvalue weighted by Crippen LogP contribution is -2.05.